The lowest BCUT2D eigenvalue weighted by Gasteiger charge is -2.07. The average molecular weight is 366 g/mol. The molecule has 0 fully saturated rings. The highest BCUT2D eigenvalue weighted by Gasteiger charge is 2.09. The van der Waals surface area contributed by atoms with Crippen molar-refractivity contribution in [1.82, 2.24) is 0 Å². The van der Waals surface area contributed by atoms with Crippen LogP contribution in [0.3, 0.4) is 0 Å². The minimum Gasteiger partial charge on any atom is -0.459 e. The van der Waals surface area contributed by atoms with Gasteiger partial charge in [-0.3, -0.25) is 9.59 Å². The molecule has 132 valence electrons. The second-order valence-corrected chi connectivity index (χ2v) is 6.71. The Morgan fingerprint density at radius 2 is 1.77 bits per heavy atom. The number of nitrogens with one attached hydrogen (secondary N) is 2. The molecule has 0 aliphatic carbocycles. The van der Waals surface area contributed by atoms with Crippen molar-refractivity contribution in [3.63, 3.8) is 0 Å². The highest BCUT2D eigenvalue weighted by atomic mass is 32.2. The Balaban J connectivity index is 1.49. The number of thioether (sulfide) groups is 1. The molecule has 1 heterocycles. The molecule has 0 atom stereocenters. The molecule has 6 heteroatoms. The third-order valence-electron chi connectivity index (χ3n) is 3.53. The van der Waals surface area contributed by atoms with Crippen LogP contribution < -0.4 is 10.6 Å². The van der Waals surface area contributed by atoms with E-state index in [1.54, 1.807) is 24.3 Å². The van der Waals surface area contributed by atoms with Crippen molar-refractivity contribution in [2.24, 2.45) is 0 Å². The maximum atomic E-state index is 12.0. The lowest BCUT2D eigenvalue weighted by Crippen LogP contribution is -2.14. The van der Waals surface area contributed by atoms with E-state index in [9.17, 15) is 9.59 Å². The zero-order chi connectivity index (χ0) is 18.4. The topological polar surface area (TPSA) is 71.3 Å². The molecule has 0 aliphatic heterocycles. The zero-order valence-corrected chi connectivity index (χ0v) is 15.0. The van der Waals surface area contributed by atoms with E-state index in [4.69, 9.17) is 4.42 Å². The number of carbonyl (C=O) groups excluding carboxylic acids is 2. The number of rotatable bonds is 6. The lowest BCUT2D eigenvalue weighted by molar-refractivity contribution is -0.113. The van der Waals surface area contributed by atoms with E-state index < -0.39 is 0 Å². The van der Waals surface area contributed by atoms with Gasteiger partial charge in [0, 0.05) is 16.3 Å². The van der Waals surface area contributed by atoms with Crippen LogP contribution in [0.5, 0.6) is 0 Å². The summed E-state index contributed by atoms with van der Waals surface area (Å²) in [4.78, 5) is 24.9. The van der Waals surface area contributed by atoms with Crippen LogP contribution >= 0.6 is 11.8 Å². The number of anilines is 2. The van der Waals surface area contributed by atoms with Gasteiger partial charge in [-0.1, -0.05) is 12.1 Å². The highest BCUT2D eigenvalue weighted by molar-refractivity contribution is 8.00. The van der Waals surface area contributed by atoms with E-state index >= 15 is 0 Å². The molecule has 0 bridgehead atoms. The highest BCUT2D eigenvalue weighted by Crippen LogP contribution is 2.21. The van der Waals surface area contributed by atoms with Crippen LogP contribution in [0.25, 0.3) is 0 Å². The standard InChI is InChI=1S/C20H18N2O3S/c1-14-4-2-5-16(12-14)21-19(23)13-26-17-9-7-15(8-10-17)22-20(24)18-6-3-11-25-18/h2-12H,13H2,1H3,(H,21,23)(H,22,24). The van der Waals surface area contributed by atoms with Crippen molar-refractivity contribution < 1.29 is 14.0 Å². The molecule has 0 spiro atoms. The van der Waals surface area contributed by atoms with Gasteiger partial charge < -0.3 is 15.1 Å². The molecule has 5 nitrogen and oxygen atoms in total. The van der Waals surface area contributed by atoms with Gasteiger partial charge in [-0.15, -0.1) is 11.8 Å². The maximum Gasteiger partial charge on any atom is 0.291 e. The molecule has 3 aromatic rings. The Hall–Kier alpha value is -2.99. The van der Waals surface area contributed by atoms with Gasteiger partial charge in [0.05, 0.1) is 12.0 Å². The molecule has 2 N–H and O–H groups in total. The van der Waals surface area contributed by atoms with E-state index in [1.807, 2.05) is 43.3 Å². The van der Waals surface area contributed by atoms with Gasteiger partial charge in [0.1, 0.15) is 0 Å². The first-order chi connectivity index (χ1) is 12.6. The molecule has 2 amide bonds. The molecular weight excluding hydrogens is 348 g/mol. The number of hydrogen-bond donors (Lipinski definition) is 2. The summed E-state index contributed by atoms with van der Waals surface area (Å²) in [6.07, 6.45) is 1.45. The molecule has 2 aromatic carbocycles. The molecule has 0 radical (unpaired) electrons. The molecule has 0 saturated carbocycles. The van der Waals surface area contributed by atoms with Gasteiger partial charge in [0.15, 0.2) is 5.76 Å². The SMILES string of the molecule is Cc1cccc(NC(=O)CSc2ccc(NC(=O)c3ccco3)cc2)c1. The number of carbonyl (C=O) groups is 2. The van der Waals surface area contributed by atoms with Crippen molar-refractivity contribution >= 4 is 35.0 Å². The lowest BCUT2D eigenvalue weighted by atomic mass is 10.2. The summed E-state index contributed by atoms with van der Waals surface area (Å²) in [5.74, 6) is 0.214. The number of furan rings is 1. The predicted molar refractivity (Wildman–Crippen MR) is 104 cm³/mol. The fourth-order valence-corrected chi connectivity index (χ4v) is 3.00. The molecule has 0 saturated heterocycles. The fourth-order valence-electron chi connectivity index (χ4n) is 2.30. The number of aryl methyl sites for hydroxylation is 1. The van der Waals surface area contributed by atoms with Crippen LogP contribution in [0.15, 0.2) is 76.2 Å². The summed E-state index contributed by atoms with van der Waals surface area (Å²) in [7, 11) is 0. The number of amides is 2. The molecule has 3 rings (SSSR count). The zero-order valence-electron chi connectivity index (χ0n) is 14.2. The number of hydrogen-bond acceptors (Lipinski definition) is 4. The predicted octanol–water partition coefficient (Wildman–Crippen LogP) is 4.57. The Morgan fingerprint density at radius 1 is 0.962 bits per heavy atom. The second kappa shape index (κ2) is 8.40. The minimum atomic E-state index is -0.298. The monoisotopic (exact) mass is 366 g/mol. The van der Waals surface area contributed by atoms with Crippen molar-refractivity contribution in [3.8, 4) is 0 Å². The summed E-state index contributed by atoms with van der Waals surface area (Å²) >= 11 is 1.43. The van der Waals surface area contributed by atoms with Gasteiger partial charge in [-0.2, -0.15) is 0 Å². The van der Waals surface area contributed by atoms with Crippen LogP contribution in [-0.4, -0.2) is 17.6 Å². The van der Waals surface area contributed by atoms with Crippen LogP contribution in [-0.2, 0) is 4.79 Å². The van der Waals surface area contributed by atoms with Crippen molar-refractivity contribution in [3.05, 3.63) is 78.3 Å². The van der Waals surface area contributed by atoms with Crippen molar-refractivity contribution in [2.45, 2.75) is 11.8 Å². The molecule has 1 aromatic heterocycles. The van der Waals surface area contributed by atoms with E-state index in [0.717, 1.165) is 16.1 Å². The normalized spacial score (nSPS) is 10.3. The Morgan fingerprint density at radius 3 is 2.46 bits per heavy atom. The summed E-state index contributed by atoms with van der Waals surface area (Å²) < 4.78 is 5.05. The van der Waals surface area contributed by atoms with E-state index in [-0.39, 0.29) is 17.6 Å². The summed E-state index contributed by atoms with van der Waals surface area (Å²) in [6.45, 7) is 1.98. The quantitative estimate of drug-likeness (QED) is 0.627. The first-order valence-corrected chi connectivity index (χ1v) is 9.03. The number of benzene rings is 2. The summed E-state index contributed by atoms with van der Waals surface area (Å²) in [5.41, 5.74) is 2.56. The second-order valence-electron chi connectivity index (χ2n) is 5.66. The van der Waals surface area contributed by atoms with Crippen LogP contribution in [0.2, 0.25) is 0 Å². The van der Waals surface area contributed by atoms with Gasteiger partial charge in [0.2, 0.25) is 5.91 Å². The van der Waals surface area contributed by atoms with Crippen LogP contribution in [0, 0.1) is 6.92 Å². The molecule has 0 unspecified atom stereocenters. The Bertz CT molecular complexity index is 890. The van der Waals surface area contributed by atoms with Crippen molar-refractivity contribution in [2.75, 3.05) is 16.4 Å². The van der Waals surface area contributed by atoms with Gasteiger partial charge in [-0.25, -0.2) is 0 Å². The first kappa shape index (κ1) is 17.8. The fraction of sp³-hybridized carbons (Fsp3) is 0.100. The van der Waals surface area contributed by atoms with Crippen LogP contribution in [0.1, 0.15) is 16.1 Å². The molecular formula is C20H18N2O3S. The average Bonchev–Trinajstić information content (AvgIpc) is 3.16. The van der Waals surface area contributed by atoms with E-state index in [0.29, 0.717) is 11.4 Å². The maximum absolute atomic E-state index is 12.0. The van der Waals surface area contributed by atoms with E-state index in [2.05, 4.69) is 10.6 Å². The van der Waals surface area contributed by atoms with Gasteiger partial charge >= 0.3 is 0 Å². The van der Waals surface area contributed by atoms with E-state index in [1.165, 1.54) is 18.0 Å². The largest absolute Gasteiger partial charge is 0.459 e. The third-order valence-corrected chi connectivity index (χ3v) is 4.54. The minimum absolute atomic E-state index is 0.0594. The first-order valence-electron chi connectivity index (χ1n) is 8.04. The van der Waals surface area contributed by atoms with Crippen molar-refractivity contribution in [1.29, 1.82) is 0 Å². The Kier molecular flexibility index (Phi) is 5.76. The smallest absolute Gasteiger partial charge is 0.291 e. The summed E-state index contributed by atoms with van der Waals surface area (Å²) in [6, 6.07) is 18.3. The molecule has 0 aliphatic rings. The van der Waals surface area contributed by atoms with Gasteiger partial charge in [-0.05, 0) is 61.0 Å². The summed E-state index contributed by atoms with van der Waals surface area (Å²) in [5, 5.41) is 5.63. The third kappa shape index (κ3) is 5.00. The van der Waals surface area contributed by atoms with Crippen LogP contribution in [0.4, 0.5) is 11.4 Å². The Labute approximate surface area is 155 Å². The van der Waals surface area contributed by atoms with Gasteiger partial charge in [0.25, 0.3) is 5.91 Å². The molecule has 26 heavy (non-hydrogen) atoms.